The van der Waals surface area contributed by atoms with E-state index in [0.717, 1.165) is 44.2 Å². The maximum absolute atomic E-state index is 6.11. The van der Waals surface area contributed by atoms with E-state index in [0.29, 0.717) is 34.7 Å². The van der Waals surface area contributed by atoms with Crippen LogP contribution in [0.2, 0.25) is 5.02 Å². The summed E-state index contributed by atoms with van der Waals surface area (Å²) >= 11 is 11.4. The van der Waals surface area contributed by atoms with Crippen molar-refractivity contribution < 1.29 is 18.9 Å². The summed E-state index contributed by atoms with van der Waals surface area (Å²) in [7, 11) is 4.72. The molecule has 33 heavy (non-hydrogen) atoms. The summed E-state index contributed by atoms with van der Waals surface area (Å²) in [6.45, 7) is 5.52. The number of nitrogens with zero attached hydrogens (tertiary/aromatic N) is 2. The van der Waals surface area contributed by atoms with E-state index in [1.54, 1.807) is 33.5 Å². The molecule has 1 heterocycles. The van der Waals surface area contributed by atoms with E-state index in [2.05, 4.69) is 21.2 Å². The van der Waals surface area contributed by atoms with Gasteiger partial charge in [-0.05, 0) is 36.8 Å². The zero-order valence-corrected chi connectivity index (χ0v) is 21.5. The van der Waals surface area contributed by atoms with Crippen molar-refractivity contribution >= 4 is 52.8 Å². The second-order valence-corrected chi connectivity index (χ2v) is 8.14. The molecule has 0 radical (unpaired) electrons. The molecule has 182 valence electrons. The van der Waals surface area contributed by atoms with Crippen molar-refractivity contribution in [1.29, 1.82) is 0 Å². The molecule has 0 bridgehead atoms. The molecule has 7 nitrogen and oxygen atoms in total. The molecular formula is C23H31Cl2N3O4S. The van der Waals surface area contributed by atoms with E-state index in [-0.39, 0.29) is 12.4 Å². The first-order chi connectivity index (χ1) is 15.5. The molecule has 1 N–H and O–H groups in total. The van der Waals surface area contributed by atoms with E-state index in [1.165, 1.54) is 5.69 Å². The normalized spacial score (nSPS) is 13.6. The quantitative estimate of drug-likeness (QED) is 0.380. The van der Waals surface area contributed by atoms with Crippen LogP contribution < -0.4 is 24.4 Å². The molecule has 2 aromatic rings. The summed E-state index contributed by atoms with van der Waals surface area (Å²) in [5.74, 6) is 1.63. The fourth-order valence-electron chi connectivity index (χ4n) is 3.66. The Morgan fingerprint density at radius 3 is 2.24 bits per heavy atom. The molecule has 0 atom stereocenters. The molecule has 0 unspecified atom stereocenters. The van der Waals surface area contributed by atoms with Gasteiger partial charge in [0.25, 0.3) is 5.17 Å². The first-order valence-corrected chi connectivity index (χ1v) is 11.3. The van der Waals surface area contributed by atoms with Gasteiger partial charge in [-0.25, -0.2) is 0 Å². The molecule has 0 amide bonds. The third-order valence-electron chi connectivity index (χ3n) is 5.31. The first-order valence-electron chi connectivity index (χ1n) is 10.5. The van der Waals surface area contributed by atoms with Gasteiger partial charge in [-0.1, -0.05) is 17.7 Å². The molecule has 0 saturated carbocycles. The monoisotopic (exact) mass is 515 g/mol. The highest BCUT2D eigenvalue weighted by Gasteiger charge is 2.17. The van der Waals surface area contributed by atoms with Crippen molar-refractivity contribution in [2.75, 3.05) is 70.9 Å². The average molecular weight is 516 g/mol. The summed E-state index contributed by atoms with van der Waals surface area (Å²) in [4.78, 5) is 4.81. The number of ether oxygens (including phenoxy) is 4. The minimum absolute atomic E-state index is 0. The predicted molar refractivity (Wildman–Crippen MR) is 140 cm³/mol. The smallest absolute Gasteiger partial charge is 0.261 e. The van der Waals surface area contributed by atoms with Gasteiger partial charge in [0.05, 0.1) is 27.9 Å². The van der Waals surface area contributed by atoms with E-state index in [9.17, 15) is 0 Å². The Morgan fingerprint density at radius 1 is 1.00 bits per heavy atom. The fraction of sp³-hybridized carbons (Fsp3) is 0.435. The molecule has 1 fully saturated rings. The number of piperazine rings is 1. The number of thiocarbonyl (C=S) groups is 1. The van der Waals surface area contributed by atoms with Gasteiger partial charge in [0.1, 0.15) is 0 Å². The highest BCUT2D eigenvalue weighted by molar-refractivity contribution is 7.80. The van der Waals surface area contributed by atoms with Crippen LogP contribution in [-0.2, 0) is 4.74 Å². The molecule has 10 heteroatoms. The van der Waals surface area contributed by atoms with Gasteiger partial charge in [0, 0.05) is 61.3 Å². The van der Waals surface area contributed by atoms with Gasteiger partial charge in [0.15, 0.2) is 11.5 Å². The van der Waals surface area contributed by atoms with Gasteiger partial charge in [-0.3, -0.25) is 4.90 Å². The van der Waals surface area contributed by atoms with Crippen molar-refractivity contribution in [2.45, 2.75) is 6.42 Å². The number of rotatable bonds is 9. The van der Waals surface area contributed by atoms with E-state index < -0.39 is 0 Å². The summed E-state index contributed by atoms with van der Waals surface area (Å²) in [6.07, 6.45) is 0.897. The summed E-state index contributed by atoms with van der Waals surface area (Å²) in [6, 6.07) is 11.6. The minimum Gasteiger partial charge on any atom is -0.493 e. The lowest BCUT2D eigenvalue weighted by Crippen LogP contribution is -2.46. The first kappa shape index (κ1) is 27.1. The Labute approximate surface area is 212 Å². The molecule has 2 aromatic carbocycles. The predicted octanol–water partition coefficient (Wildman–Crippen LogP) is 4.71. The van der Waals surface area contributed by atoms with Crippen molar-refractivity contribution in [3.05, 3.63) is 41.4 Å². The number of anilines is 2. The Morgan fingerprint density at radius 2 is 1.67 bits per heavy atom. The van der Waals surface area contributed by atoms with Crippen LogP contribution in [0.15, 0.2) is 36.4 Å². The van der Waals surface area contributed by atoms with E-state index in [4.69, 9.17) is 42.8 Å². The lowest BCUT2D eigenvalue weighted by atomic mass is 10.2. The third kappa shape index (κ3) is 7.71. The van der Waals surface area contributed by atoms with Gasteiger partial charge in [-0.2, -0.15) is 0 Å². The van der Waals surface area contributed by atoms with Crippen molar-refractivity contribution in [2.24, 2.45) is 0 Å². The van der Waals surface area contributed by atoms with E-state index in [1.807, 2.05) is 18.2 Å². The maximum atomic E-state index is 6.11. The van der Waals surface area contributed by atoms with Crippen LogP contribution in [0.25, 0.3) is 0 Å². The molecule has 0 aromatic heterocycles. The van der Waals surface area contributed by atoms with Crippen LogP contribution in [0.4, 0.5) is 11.4 Å². The van der Waals surface area contributed by atoms with Crippen molar-refractivity contribution in [3.63, 3.8) is 0 Å². The highest BCUT2D eigenvalue weighted by Crippen LogP contribution is 2.39. The molecule has 0 aliphatic carbocycles. The molecule has 1 aliphatic rings. The Bertz CT molecular complexity index is 886. The number of halogens is 2. The minimum atomic E-state index is 0. The number of nitrogens with one attached hydrogen (secondary N) is 1. The second-order valence-electron chi connectivity index (χ2n) is 7.34. The SMILES string of the molecule is COc1cc(NC(=S)OCCCN2CCN(c3cccc(Cl)c3)CC2)cc(OC)c1OC.Cl. The molecule has 0 spiro atoms. The molecule has 1 aliphatic heterocycles. The number of hydrogen-bond acceptors (Lipinski definition) is 7. The van der Waals surface area contributed by atoms with Crippen LogP contribution in [0.3, 0.4) is 0 Å². The largest absolute Gasteiger partial charge is 0.493 e. The van der Waals surface area contributed by atoms with Gasteiger partial charge < -0.3 is 29.2 Å². The van der Waals surface area contributed by atoms with Crippen LogP contribution in [0, 0.1) is 0 Å². The summed E-state index contributed by atoms with van der Waals surface area (Å²) in [5.41, 5.74) is 1.89. The van der Waals surface area contributed by atoms with Crippen LogP contribution in [0.5, 0.6) is 17.2 Å². The lowest BCUT2D eigenvalue weighted by Gasteiger charge is -2.36. The maximum Gasteiger partial charge on any atom is 0.261 e. The Balaban J connectivity index is 0.00000385. The van der Waals surface area contributed by atoms with Gasteiger partial charge in [0.2, 0.25) is 5.75 Å². The van der Waals surface area contributed by atoms with Crippen molar-refractivity contribution in [3.8, 4) is 17.2 Å². The van der Waals surface area contributed by atoms with Crippen LogP contribution in [0.1, 0.15) is 6.42 Å². The number of benzene rings is 2. The van der Waals surface area contributed by atoms with Gasteiger partial charge in [-0.15, -0.1) is 12.4 Å². The lowest BCUT2D eigenvalue weighted by molar-refractivity contribution is 0.222. The zero-order chi connectivity index (χ0) is 22.9. The average Bonchev–Trinajstić information content (AvgIpc) is 2.81. The Hall–Kier alpha value is -2.13. The van der Waals surface area contributed by atoms with Gasteiger partial charge >= 0.3 is 0 Å². The number of hydrogen-bond donors (Lipinski definition) is 1. The molecule has 1 saturated heterocycles. The summed E-state index contributed by atoms with van der Waals surface area (Å²) < 4.78 is 21.8. The second kappa shape index (κ2) is 13.5. The van der Waals surface area contributed by atoms with E-state index >= 15 is 0 Å². The fourth-order valence-corrected chi connectivity index (χ4v) is 4.05. The zero-order valence-electron chi connectivity index (χ0n) is 19.1. The topological polar surface area (TPSA) is 55.4 Å². The summed E-state index contributed by atoms with van der Waals surface area (Å²) in [5, 5.41) is 4.16. The van der Waals surface area contributed by atoms with Crippen molar-refractivity contribution in [1.82, 2.24) is 4.90 Å². The van der Waals surface area contributed by atoms with Crippen LogP contribution >= 0.6 is 36.2 Å². The Kier molecular flexibility index (Phi) is 11.1. The molecular weight excluding hydrogens is 485 g/mol. The van der Waals surface area contributed by atoms with Crippen LogP contribution in [-0.4, -0.2) is 70.7 Å². The highest BCUT2D eigenvalue weighted by atomic mass is 35.5. The third-order valence-corrected chi connectivity index (χ3v) is 5.76. The number of methoxy groups -OCH3 is 3. The molecule has 3 rings (SSSR count). The standard InChI is InChI=1S/C23H30ClN3O4S.ClH/c1-28-20-15-18(16-21(29-2)22(20)30-3)25-23(32)31-13-5-8-26-9-11-27(12-10-26)19-7-4-6-17(24)14-19;/h4,6-7,14-16H,5,8-13H2,1-3H3,(H,25,32);1H.